The van der Waals surface area contributed by atoms with Crippen LogP contribution in [0.4, 0.5) is 0 Å². The number of para-hydroxylation sites is 1. The van der Waals surface area contributed by atoms with Crippen molar-refractivity contribution in [2.45, 2.75) is 25.7 Å². The molecular formula is C27H28N4O5. The predicted octanol–water partition coefficient (Wildman–Crippen LogP) is 3.31. The molecule has 2 amide bonds. The molecule has 1 aliphatic rings. The van der Waals surface area contributed by atoms with E-state index in [1.54, 1.807) is 30.2 Å². The monoisotopic (exact) mass is 488 g/mol. The Morgan fingerprint density at radius 2 is 1.78 bits per heavy atom. The van der Waals surface area contributed by atoms with Crippen LogP contribution in [0.3, 0.4) is 0 Å². The van der Waals surface area contributed by atoms with Crippen LogP contribution in [-0.4, -0.2) is 64.0 Å². The zero-order chi connectivity index (χ0) is 25.5. The van der Waals surface area contributed by atoms with E-state index in [4.69, 9.17) is 4.74 Å². The predicted molar refractivity (Wildman–Crippen MR) is 132 cm³/mol. The van der Waals surface area contributed by atoms with E-state index in [2.05, 4.69) is 15.3 Å². The molecule has 9 nitrogen and oxygen atoms in total. The number of hydrogen-bond donors (Lipinski definition) is 2. The number of amides is 2. The summed E-state index contributed by atoms with van der Waals surface area (Å²) in [6.07, 6.45) is 2.83. The van der Waals surface area contributed by atoms with Crippen molar-refractivity contribution in [3.05, 3.63) is 89.0 Å². The largest absolute Gasteiger partial charge is 0.492 e. The minimum atomic E-state index is -1.07. The maximum Gasteiger partial charge on any atom is 0.335 e. The molecule has 0 bridgehead atoms. The molecule has 1 aromatic heterocycles. The number of aromatic carboxylic acids is 1. The summed E-state index contributed by atoms with van der Waals surface area (Å²) in [7, 11) is 0. The highest BCUT2D eigenvalue weighted by Crippen LogP contribution is 2.30. The van der Waals surface area contributed by atoms with Crippen molar-refractivity contribution in [2.24, 2.45) is 0 Å². The van der Waals surface area contributed by atoms with E-state index in [-0.39, 0.29) is 23.3 Å². The number of likely N-dealkylation sites (tertiary alicyclic amines) is 1. The Bertz CT molecular complexity index is 1240. The standard InChI is InChI=1S/C27H28N4O5/c1-18-29-17-23(25(32)28-12-15-36-22-8-3-2-4-9-22)24(30-18)19-10-13-31(14-11-19)26(33)20-6-5-7-21(16-20)27(34)35/h2-9,16-17,19H,10-15H2,1H3,(H,28,32)(H,34,35). The zero-order valence-corrected chi connectivity index (χ0v) is 20.0. The van der Waals surface area contributed by atoms with Crippen molar-refractivity contribution in [2.75, 3.05) is 26.2 Å². The van der Waals surface area contributed by atoms with Crippen LogP contribution in [0, 0.1) is 6.92 Å². The molecule has 0 atom stereocenters. The Kier molecular flexibility index (Phi) is 7.89. The molecule has 3 aromatic rings. The topological polar surface area (TPSA) is 122 Å². The number of carboxylic acids is 1. The molecule has 0 saturated carbocycles. The van der Waals surface area contributed by atoms with Crippen molar-refractivity contribution in [3.8, 4) is 5.75 Å². The summed E-state index contributed by atoms with van der Waals surface area (Å²) in [5.74, 6) is -0.208. The third-order valence-corrected chi connectivity index (χ3v) is 6.11. The molecular weight excluding hydrogens is 460 g/mol. The van der Waals surface area contributed by atoms with Gasteiger partial charge >= 0.3 is 5.97 Å². The summed E-state index contributed by atoms with van der Waals surface area (Å²) >= 11 is 0. The summed E-state index contributed by atoms with van der Waals surface area (Å²) < 4.78 is 5.63. The Morgan fingerprint density at radius 3 is 2.50 bits per heavy atom. The summed E-state index contributed by atoms with van der Waals surface area (Å²) in [5.41, 5.74) is 1.55. The fraction of sp³-hybridized carbons (Fsp3) is 0.296. The average molecular weight is 489 g/mol. The average Bonchev–Trinajstić information content (AvgIpc) is 2.91. The van der Waals surface area contributed by atoms with E-state index >= 15 is 0 Å². The van der Waals surface area contributed by atoms with Crippen LogP contribution in [-0.2, 0) is 0 Å². The Hall–Kier alpha value is -4.27. The molecule has 36 heavy (non-hydrogen) atoms. The summed E-state index contributed by atoms with van der Waals surface area (Å²) in [5, 5.41) is 12.1. The summed E-state index contributed by atoms with van der Waals surface area (Å²) in [4.78, 5) is 47.6. The molecule has 1 fully saturated rings. The van der Waals surface area contributed by atoms with Crippen LogP contribution < -0.4 is 10.1 Å². The third kappa shape index (κ3) is 6.04. The highest BCUT2D eigenvalue weighted by molar-refractivity contribution is 5.97. The van der Waals surface area contributed by atoms with Gasteiger partial charge in [0.25, 0.3) is 11.8 Å². The van der Waals surface area contributed by atoms with Gasteiger partial charge < -0.3 is 20.1 Å². The van der Waals surface area contributed by atoms with E-state index in [0.29, 0.717) is 61.7 Å². The first-order valence-electron chi connectivity index (χ1n) is 11.8. The highest BCUT2D eigenvalue weighted by atomic mass is 16.5. The van der Waals surface area contributed by atoms with E-state index in [9.17, 15) is 19.5 Å². The van der Waals surface area contributed by atoms with Gasteiger partial charge in [-0.1, -0.05) is 24.3 Å². The number of carbonyl (C=O) groups excluding carboxylic acids is 2. The van der Waals surface area contributed by atoms with Crippen molar-refractivity contribution in [1.82, 2.24) is 20.2 Å². The van der Waals surface area contributed by atoms with Gasteiger partial charge in [0.2, 0.25) is 0 Å². The minimum absolute atomic E-state index is 0.00224. The highest BCUT2D eigenvalue weighted by Gasteiger charge is 2.29. The Morgan fingerprint density at radius 1 is 1.06 bits per heavy atom. The number of hydrogen-bond acceptors (Lipinski definition) is 6. The van der Waals surface area contributed by atoms with Gasteiger partial charge in [-0.3, -0.25) is 9.59 Å². The Labute approximate surface area is 209 Å². The second-order valence-electron chi connectivity index (χ2n) is 8.59. The number of aromatic nitrogens is 2. The van der Waals surface area contributed by atoms with Crippen molar-refractivity contribution >= 4 is 17.8 Å². The van der Waals surface area contributed by atoms with Gasteiger partial charge in [0.15, 0.2) is 0 Å². The zero-order valence-electron chi connectivity index (χ0n) is 20.0. The number of rotatable bonds is 8. The number of nitrogens with one attached hydrogen (secondary N) is 1. The van der Waals surface area contributed by atoms with Gasteiger partial charge in [-0.25, -0.2) is 14.8 Å². The van der Waals surface area contributed by atoms with Gasteiger partial charge in [0, 0.05) is 30.8 Å². The molecule has 0 unspecified atom stereocenters. The number of piperidine rings is 1. The van der Waals surface area contributed by atoms with Crippen LogP contribution in [0.2, 0.25) is 0 Å². The fourth-order valence-electron chi connectivity index (χ4n) is 4.24. The molecule has 0 aliphatic carbocycles. The van der Waals surface area contributed by atoms with Crippen LogP contribution >= 0.6 is 0 Å². The first-order valence-corrected chi connectivity index (χ1v) is 11.8. The normalized spacial score (nSPS) is 13.8. The van der Waals surface area contributed by atoms with E-state index in [1.165, 1.54) is 12.1 Å². The van der Waals surface area contributed by atoms with Gasteiger partial charge in [-0.05, 0) is 50.1 Å². The quantitative estimate of drug-likeness (QED) is 0.467. The first kappa shape index (κ1) is 24.8. The van der Waals surface area contributed by atoms with Gasteiger partial charge in [0.1, 0.15) is 18.2 Å². The molecule has 1 aliphatic heterocycles. The molecule has 4 rings (SSSR count). The molecule has 2 heterocycles. The summed E-state index contributed by atoms with van der Waals surface area (Å²) in [6, 6.07) is 15.4. The van der Waals surface area contributed by atoms with E-state index in [1.807, 2.05) is 30.3 Å². The lowest BCUT2D eigenvalue weighted by Crippen LogP contribution is -2.38. The number of carboxylic acid groups (broad SMARTS) is 1. The molecule has 0 spiro atoms. The molecule has 2 N–H and O–H groups in total. The van der Waals surface area contributed by atoms with Crippen molar-refractivity contribution < 1.29 is 24.2 Å². The lowest BCUT2D eigenvalue weighted by molar-refractivity contribution is 0.0696. The van der Waals surface area contributed by atoms with Crippen LogP contribution in [0.5, 0.6) is 5.75 Å². The van der Waals surface area contributed by atoms with Gasteiger partial charge in [-0.15, -0.1) is 0 Å². The van der Waals surface area contributed by atoms with Crippen LogP contribution in [0.15, 0.2) is 60.8 Å². The molecule has 0 radical (unpaired) electrons. The van der Waals surface area contributed by atoms with E-state index < -0.39 is 5.97 Å². The third-order valence-electron chi connectivity index (χ3n) is 6.11. The maximum atomic E-state index is 12.9. The second kappa shape index (κ2) is 11.4. The number of aryl methyl sites for hydroxylation is 1. The SMILES string of the molecule is Cc1ncc(C(=O)NCCOc2ccccc2)c(C2CCN(C(=O)c3cccc(C(=O)O)c3)CC2)n1. The van der Waals surface area contributed by atoms with Crippen molar-refractivity contribution in [3.63, 3.8) is 0 Å². The lowest BCUT2D eigenvalue weighted by atomic mass is 9.90. The fourth-order valence-corrected chi connectivity index (χ4v) is 4.24. The minimum Gasteiger partial charge on any atom is -0.492 e. The smallest absolute Gasteiger partial charge is 0.335 e. The van der Waals surface area contributed by atoms with E-state index in [0.717, 1.165) is 5.75 Å². The molecule has 2 aromatic carbocycles. The van der Waals surface area contributed by atoms with Gasteiger partial charge in [0.05, 0.1) is 23.4 Å². The summed E-state index contributed by atoms with van der Waals surface area (Å²) in [6.45, 7) is 3.42. The van der Waals surface area contributed by atoms with Crippen LogP contribution in [0.25, 0.3) is 0 Å². The number of benzene rings is 2. The number of ether oxygens (including phenoxy) is 1. The maximum absolute atomic E-state index is 12.9. The first-order chi connectivity index (χ1) is 17.4. The lowest BCUT2D eigenvalue weighted by Gasteiger charge is -2.32. The number of carbonyl (C=O) groups is 3. The van der Waals surface area contributed by atoms with Gasteiger partial charge in [-0.2, -0.15) is 0 Å². The molecule has 186 valence electrons. The Balaban J connectivity index is 1.37. The number of nitrogens with zero attached hydrogens (tertiary/aromatic N) is 3. The molecule has 9 heteroatoms. The van der Waals surface area contributed by atoms with Crippen molar-refractivity contribution in [1.29, 1.82) is 0 Å². The second-order valence-corrected chi connectivity index (χ2v) is 8.59. The van der Waals surface area contributed by atoms with Crippen LogP contribution in [0.1, 0.15) is 61.4 Å². The molecule has 1 saturated heterocycles.